The number of amides is 2. The summed E-state index contributed by atoms with van der Waals surface area (Å²) >= 11 is 0. The van der Waals surface area contributed by atoms with Crippen molar-refractivity contribution in [2.24, 2.45) is 5.92 Å². The summed E-state index contributed by atoms with van der Waals surface area (Å²) in [6.07, 6.45) is -0.821. The number of aryl methyl sites for hydroxylation is 1. The third-order valence-electron chi connectivity index (χ3n) is 4.99. The van der Waals surface area contributed by atoms with Crippen LogP contribution < -0.4 is 15.0 Å². The van der Waals surface area contributed by atoms with Crippen molar-refractivity contribution in [2.75, 3.05) is 16.8 Å². The molecule has 152 valence electrons. The Balaban J connectivity index is 1.90. The fourth-order valence-electron chi connectivity index (χ4n) is 3.20. The minimum Gasteiger partial charge on any atom is -0.478 e. The first kappa shape index (κ1) is 20.3. The number of hydrogen-bond acceptors (Lipinski definition) is 5. The number of fused-ring (bicyclic) bond motifs is 1. The smallest absolute Gasteiger partial charge is 0.273 e. The highest BCUT2D eigenvalue weighted by Crippen LogP contribution is 2.38. The third kappa shape index (κ3) is 4.06. The number of nitrogens with one attached hydrogen (secondary N) is 1. The first-order valence-corrected chi connectivity index (χ1v) is 9.31. The van der Waals surface area contributed by atoms with Gasteiger partial charge in [0, 0.05) is 11.8 Å². The number of carbonyl (C=O) groups excluding carboxylic acids is 2. The van der Waals surface area contributed by atoms with Gasteiger partial charge < -0.3 is 10.1 Å². The van der Waals surface area contributed by atoms with Crippen molar-refractivity contribution in [1.29, 1.82) is 0 Å². The molecule has 1 heterocycles. The molecule has 0 radical (unpaired) electrons. The summed E-state index contributed by atoms with van der Waals surface area (Å²) < 4.78 is 5.73. The SMILES string of the molecule is Cc1cccc(NC(=O)CN2C(=O)C(C(C)C)Oc3cc([N+](=O)[O-])ccc32)c1C. The molecule has 0 saturated heterocycles. The van der Waals surface area contributed by atoms with Crippen molar-refractivity contribution in [3.05, 3.63) is 57.6 Å². The molecule has 1 N–H and O–H groups in total. The fraction of sp³-hybridized carbons (Fsp3) is 0.333. The van der Waals surface area contributed by atoms with Crippen LogP contribution in [0.2, 0.25) is 0 Å². The van der Waals surface area contributed by atoms with E-state index in [1.165, 1.54) is 23.1 Å². The van der Waals surface area contributed by atoms with Gasteiger partial charge in [-0.1, -0.05) is 26.0 Å². The van der Waals surface area contributed by atoms with Crippen LogP contribution in [-0.2, 0) is 9.59 Å². The van der Waals surface area contributed by atoms with E-state index in [4.69, 9.17) is 4.74 Å². The van der Waals surface area contributed by atoms with Gasteiger partial charge in [-0.3, -0.25) is 24.6 Å². The quantitative estimate of drug-likeness (QED) is 0.613. The van der Waals surface area contributed by atoms with Gasteiger partial charge in [-0.25, -0.2) is 0 Å². The van der Waals surface area contributed by atoms with E-state index >= 15 is 0 Å². The molecular formula is C21H23N3O5. The van der Waals surface area contributed by atoms with E-state index in [2.05, 4.69) is 5.32 Å². The molecule has 0 fully saturated rings. The predicted molar refractivity (Wildman–Crippen MR) is 109 cm³/mol. The molecule has 29 heavy (non-hydrogen) atoms. The van der Waals surface area contributed by atoms with Crippen LogP contribution in [0.4, 0.5) is 17.1 Å². The second-order valence-electron chi connectivity index (χ2n) is 7.41. The molecule has 1 aliphatic rings. The Labute approximate surface area is 168 Å². The predicted octanol–water partition coefficient (Wildman–Crippen LogP) is 3.60. The number of ether oxygens (including phenoxy) is 1. The molecule has 1 unspecified atom stereocenters. The van der Waals surface area contributed by atoms with Crippen LogP contribution in [0, 0.1) is 29.9 Å². The number of nitro groups is 1. The first-order valence-electron chi connectivity index (χ1n) is 9.31. The Morgan fingerprint density at radius 2 is 2.00 bits per heavy atom. The van der Waals surface area contributed by atoms with E-state index in [9.17, 15) is 19.7 Å². The zero-order valence-electron chi connectivity index (χ0n) is 16.8. The van der Waals surface area contributed by atoms with E-state index in [1.807, 2.05) is 39.8 Å². The minimum atomic E-state index is -0.821. The molecule has 2 aromatic carbocycles. The monoisotopic (exact) mass is 397 g/mol. The largest absolute Gasteiger partial charge is 0.478 e. The third-order valence-corrected chi connectivity index (χ3v) is 4.99. The lowest BCUT2D eigenvalue weighted by atomic mass is 10.0. The topological polar surface area (TPSA) is 102 Å². The molecule has 0 spiro atoms. The van der Waals surface area contributed by atoms with Crippen molar-refractivity contribution in [2.45, 2.75) is 33.8 Å². The van der Waals surface area contributed by atoms with E-state index < -0.39 is 11.0 Å². The first-order chi connectivity index (χ1) is 13.7. The normalized spacial score (nSPS) is 15.7. The molecule has 2 amide bonds. The molecule has 0 bridgehead atoms. The van der Waals surface area contributed by atoms with Gasteiger partial charge in [0.05, 0.1) is 16.7 Å². The van der Waals surface area contributed by atoms with Crippen molar-refractivity contribution in [1.82, 2.24) is 0 Å². The zero-order chi connectivity index (χ0) is 21.3. The molecule has 0 aliphatic carbocycles. The van der Waals surface area contributed by atoms with Crippen LogP contribution in [0.5, 0.6) is 5.75 Å². The summed E-state index contributed by atoms with van der Waals surface area (Å²) in [4.78, 5) is 37.5. The van der Waals surface area contributed by atoms with Gasteiger partial charge in [0.1, 0.15) is 6.54 Å². The lowest BCUT2D eigenvalue weighted by Gasteiger charge is -2.35. The Morgan fingerprint density at radius 3 is 2.66 bits per heavy atom. The Morgan fingerprint density at radius 1 is 1.28 bits per heavy atom. The highest BCUT2D eigenvalue weighted by atomic mass is 16.6. The summed E-state index contributed by atoms with van der Waals surface area (Å²) in [5.74, 6) is -0.658. The van der Waals surface area contributed by atoms with Gasteiger partial charge in [-0.15, -0.1) is 0 Å². The lowest BCUT2D eigenvalue weighted by Crippen LogP contribution is -2.50. The maximum Gasteiger partial charge on any atom is 0.273 e. The van der Waals surface area contributed by atoms with Crippen molar-refractivity contribution in [3.63, 3.8) is 0 Å². The van der Waals surface area contributed by atoms with Crippen LogP contribution in [0.25, 0.3) is 0 Å². The zero-order valence-corrected chi connectivity index (χ0v) is 16.8. The van der Waals surface area contributed by atoms with Crippen molar-refractivity contribution < 1.29 is 19.2 Å². The standard InChI is InChI=1S/C21H23N3O5/c1-12(2)20-21(26)23(17-9-8-15(24(27)28)10-18(17)29-20)11-19(25)22-16-7-5-6-13(3)14(16)4/h5-10,12,20H,11H2,1-4H3,(H,22,25). The molecule has 1 atom stereocenters. The number of non-ortho nitro benzene ring substituents is 1. The average molecular weight is 397 g/mol. The van der Waals surface area contributed by atoms with Crippen molar-refractivity contribution >= 4 is 28.9 Å². The fourth-order valence-corrected chi connectivity index (χ4v) is 3.20. The molecule has 2 aromatic rings. The molecule has 0 saturated carbocycles. The Kier molecular flexibility index (Phi) is 5.54. The summed E-state index contributed by atoms with van der Waals surface area (Å²) in [7, 11) is 0. The molecule has 0 aromatic heterocycles. The summed E-state index contributed by atoms with van der Waals surface area (Å²) in [6.45, 7) is 7.28. The maximum atomic E-state index is 12.9. The van der Waals surface area contributed by atoms with Crippen LogP contribution in [-0.4, -0.2) is 29.4 Å². The van der Waals surface area contributed by atoms with Crippen LogP contribution in [0.15, 0.2) is 36.4 Å². The van der Waals surface area contributed by atoms with Gasteiger partial charge >= 0.3 is 0 Å². The second kappa shape index (κ2) is 7.90. The number of nitrogens with zero attached hydrogens (tertiary/aromatic N) is 2. The van der Waals surface area contributed by atoms with E-state index in [1.54, 1.807) is 6.07 Å². The van der Waals surface area contributed by atoms with Crippen LogP contribution in [0.1, 0.15) is 25.0 Å². The van der Waals surface area contributed by atoms with Gasteiger partial charge in [0.15, 0.2) is 11.9 Å². The van der Waals surface area contributed by atoms with Crippen molar-refractivity contribution in [3.8, 4) is 5.75 Å². The molecule has 3 rings (SSSR count). The van der Waals surface area contributed by atoms with Crippen LogP contribution >= 0.6 is 0 Å². The lowest BCUT2D eigenvalue weighted by molar-refractivity contribution is -0.384. The Hall–Kier alpha value is -3.42. The summed E-state index contributed by atoms with van der Waals surface area (Å²) in [5, 5.41) is 13.9. The maximum absolute atomic E-state index is 12.9. The number of nitro benzene ring substituents is 1. The van der Waals surface area contributed by atoms with E-state index in [0.717, 1.165) is 11.1 Å². The van der Waals surface area contributed by atoms with Gasteiger partial charge in [-0.05, 0) is 43.0 Å². The number of hydrogen-bond donors (Lipinski definition) is 1. The number of carbonyl (C=O) groups is 2. The second-order valence-corrected chi connectivity index (χ2v) is 7.41. The molecular weight excluding hydrogens is 374 g/mol. The molecule has 1 aliphatic heterocycles. The average Bonchev–Trinajstić information content (AvgIpc) is 2.66. The van der Waals surface area contributed by atoms with Crippen LogP contribution in [0.3, 0.4) is 0 Å². The Bertz CT molecular complexity index is 986. The minimum absolute atomic E-state index is 0.139. The highest BCUT2D eigenvalue weighted by Gasteiger charge is 2.38. The molecule has 8 heteroatoms. The van der Waals surface area contributed by atoms with E-state index in [0.29, 0.717) is 11.4 Å². The number of rotatable bonds is 5. The van der Waals surface area contributed by atoms with Gasteiger partial charge in [0.2, 0.25) is 5.91 Å². The summed E-state index contributed by atoms with van der Waals surface area (Å²) in [5.41, 5.74) is 2.88. The highest BCUT2D eigenvalue weighted by molar-refractivity contribution is 6.06. The van der Waals surface area contributed by atoms with E-state index in [-0.39, 0.29) is 35.7 Å². The van der Waals surface area contributed by atoms with Gasteiger partial charge in [0.25, 0.3) is 11.6 Å². The number of benzene rings is 2. The number of anilines is 2. The summed E-state index contributed by atoms with van der Waals surface area (Å²) in [6, 6.07) is 9.62. The van der Waals surface area contributed by atoms with Gasteiger partial charge in [-0.2, -0.15) is 0 Å². The molecule has 8 nitrogen and oxygen atoms in total.